The third-order valence-corrected chi connectivity index (χ3v) is 3.76. The molecule has 0 saturated carbocycles. The second-order valence-corrected chi connectivity index (χ2v) is 5.59. The van der Waals surface area contributed by atoms with Gasteiger partial charge in [-0.05, 0) is 37.5 Å². The fraction of sp³-hybridized carbons (Fsp3) is 0.412. The van der Waals surface area contributed by atoms with Crippen LogP contribution in [0.3, 0.4) is 0 Å². The van der Waals surface area contributed by atoms with Gasteiger partial charge in [-0.3, -0.25) is 14.9 Å². The predicted molar refractivity (Wildman–Crippen MR) is 91.5 cm³/mol. The molecule has 1 atom stereocenters. The van der Waals surface area contributed by atoms with Crippen molar-refractivity contribution < 1.29 is 24.3 Å². The van der Waals surface area contributed by atoms with Gasteiger partial charge in [-0.2, -0.15) is 5.26 Å². The molecule has 9 heteroatoms. The first-order chi connectivity index (χ1) is 12.5. The predicted octanol–water partition coefficient (Wildman–Crippen LogP) is 1.90. The second kappa shape index (κ2) is 8.82. The number of benzene rings is 1. The van der Waals surface area contributed by atoms with Crippen LogP contribution in [0.25, 0.3) is 6.08 Å². The largest absolute Gasteiger partial charge is 0.500 e. The Balaban J connectivity index is 2.24. The van der Waals surface area contributed by atoms with E-state index in [0.717, 1.165) is 18.9 Å². The number of nitro benzene ring substituents is 1. The molecule has 1 aliphatic heterocycles. The standard InChI is InChI=1S/C17H19N3O6/c1-2-25-15-8-11(7-14(16(15)21)20(23)24)6-12(9-18)17(22)19-10-13-4-3-5-26-13/h6-8,13,21H,2-5,10H2,1H3,(H,19,22). The summed E-state index contributed by atoms with van der Waals surface area (Å²) in [5.74, 6) is -1.29. The fourth-order valence-electron chi connectivity index (χ4n) is 2.52. The van der Waals surface area contributed by atoms with Crippen LogP contribution in [0, 0.1) is 21.4 Å². The first-order valence-electron chi connectivity index (χ1n) is 8.12. The molecule has 1 aromatic rings. The van der Waals surface area contributed by atoms with Crippen LogP contribution in [0.15, 0.2) is 17.7 Å². The number of hydrogen-bond donors (Lipinski definition) is 2. The van der Waals surface area contributed by atoms with Crippen LogP contribution in [0.1, 0.15) is 25.3 Å². The van der Waals surface area contributed by atoms with Gasteiger partial charge in [0.25, 0.3) is 5.91 Å². The molecular formula is C17H19N3O6. The number of aromatic hydroxyl groups is 1. The number of rotatable bonds is 7. The van der Waals surface area contributed by atoms with E-state index in [4.69, 9.17) is 9.47 Å². The van der Waals surface area contributed by atoms with Crippen LogP contribution in [0.2, 0.25) is 0 Å². The average Bonchev–Trinajstić information content (AvgIpc) is 3.13. The highest BCUT2D eigenvalue weighted by molar-refractivity contribution is 6.01. The lowest BCUT2D eigenvalue weighted by Crippen LogP contribution is -2.32. The Morgan fingerprint density at radius 3 is 2.96 bits per heavy atom. The van der Waals surface area contributed by atoms with Gasteiger partial charge in [-0.1, -0.05) is 0 Å². The number of nitro groups is 1. The highest BCUT2D eigenvalue weighted by Crippen LogP contribution is 2.37. The van der Waals surface area contributed by atoms with Gasteiger partial charge in [0.15, 0.2) is 5.75 Å². The van der Waals surface area contributed by atoms with Crippen LogP contribution in [0.4, 0.5) is 5.69 Å². The summed E-state index contributed by atoms with van der Waals surface area (Å²) in [5.41, 5.74) is -0.591. The molecule has 9 nitrogen and oxygen atoms in total. The molecule has 138 valence electrons. The summed E-state index contributed by atoms with van der Waals surface area (Å²) in [6.07, 6.45) is 2.91. The van der Waals surface area contributed by atoms with E-state index in [2.05, 4.69) is 5.32 Å². The quantitative estimate of drug-likeness (QED) is 0.328. The topological polar surface area (TPSA) is 135 Å². The van der Waals surface area contributed by atoms with Crippen molar-refractivity contribution in [3.8, 4) is 17.6 Å². The summed E-state index contributed by atoms with van der Waals surface area (Å²) in [6, 6.07) is 4.18. The highest BCUT2D eigenvalue weighted by Gasteiger charge is 2.21. The molecule has 0 spiro atoms. The number of carbonyl (C=O) groups is 1. The number of phenols is 1. The van der Waals surface area contributed by atoms with Crippen molar-refractivity contribution in [2.24, 2.45) is 0 Å². The summed E-state index contributed by atoms with van der Waals surface area (Å²) < 4.78 is 10.6. The summed E-state index contributed by atoms with van der Waals surface area (Å²) in [4.78, 5) is 22.5. The molecular weight excluding hydrogens is 342 g/mol. The fourth-order valence-corrected chi connectivity index (χ4v) is 2.52. The first kappa shape index (κ1) is 19.2. The zero-order valence-corrected chi connectivity index (χ0v) is 14.2. The van der Waals surface area contributed by atoms with E-state index in [1.54, 1.807) is 13.0 Å². The Morgan fingerprint density at radius 2 is 2.38 bits per heavy atom. The summed E-state index contributed by atoms with van der Waals surface area (Å²) in [7, 11) is 0. The lowest BCUT2D eigenvalue weighted by molar-refractivity contribution is -0.386. The minimum Gasteiger partial charge on any atom is -0.500 e. The molecule has 1 aliphatic rings. The van der Waals surface area contributed by atoms with Gasteiger partial charge in [-0.15, -0.1) is 0 Å². The van der Waals surface area contributed by atoms with E-state index in [0.29, 0.717) is 6.61 Å². The van der Waals surface area contributed by atoms with Gasteiger partial charge in [-0.25, -0.2) is 0 Å². The van der Waals surface area contributed by atoms with Gasteiger partial charge < -0.3 is 19.9 Å². The van der Waals surface area contributed by atoms with Crippen LogP contribution in [-0.4, -0.2) is 41.8 Å². The highest BCUT2D eigenvalue weighted by atomic mass is 16.6. The van der Waals surface area contributed by atoms with Crippen molar-refractivity contribution in [3.63, 3.8) is 0 Å². The number of nitriles is 1. The Labute approximate surface area is 150 Å². The Morgan fingerprint density at radius 1 is 1.62 bits per heavy atom. The Hall–Kier alpha value is -3.12. The van der Waals surface area contributed by atoms with E-state index >= 15 is 0 Å². The molecule has 1 amide bonds. The Kier molecular flexibility index (Phi) is 6.52. The molecule has 1 fully saturated rings. The lowest BCUT2D eigenvalue weighted by atomic mass is 10.1. The van der Waals surface area contributed by atoms with Crippen molar-refractivity contribution in [1.82, 2.24) is 5.32 Å². The monoisotopic (exact) mass is 361 g/mol. The van der Waals surface area contributed by atoms with Crippen LogP contribution >= 0.6 is 0 Å². The third-order valence-electron chi connectivity index (χ3n) is 3.76. The van der Waals surface area contributed by atoms with Gasteiger partial charge in [0.2, 0.25) is 5.75 Å². The average molecular weight is 361 g/mol. The molecule has 1 aromatic carbocycles. The number of nitrogens with one attached hydrogen (secondary N) is 1. The molecule has 0 radical (unpaired) electrons. The summed E-state index contributed by atoms with van der Waals surface area (Å²) in [5, 5.41) is 32.8. The second-order valence-electron chi connectivity index (χ2n) is 5.59. The van der Waals surface area contributed by atoms with E-state index in [1.807, 2.05) is 0 Å². The number of amides is 1. The van der Waals surface area contributed by atoms with Gasteiger partial charge in [0, 0.05) is 19.2 Å². The smallest absolute Gasteiger partial charge is 0.315 e. The molecule has 2 rings (SSSR count). The maximum Gasteiger partial charge on any atom is 0.315 e. The molecule has 2 N–H and O–H groups in total. The zero-order valence-electron chi connectivity index (χ0n) is 14.2. The Bertz CT molecular complexity index is 762. The lowest BCUT2D eigenvalue weighted by Gasteiger charge is -2.10. The van der Waals surface area contributed by atoms with Crippen LogP contribution in [0.5, 0.6) is 11.5 Å². The van der Waals surface area contributed by atoms with E-state index in [1.165, 1.54) is 12.1 Å². The van der Waals surface area contributed by atoms with Crippen LogP contribution < -0.4 is 10.1 Å². The first-order valence-corrected chi connectivity index (χ1v) is 8.12. The van der Waals surface area contributed by atoms with Crippen molar-refractivity contribution in [2.45, 2.75) is 25.9 Å². The minimum absolute atomic E-state index is 0.0711. The maximum atomic E-state index is 12.2. The molecule has 0 aliphatic carbocycles. The number of hydrogen-bond acceptors (Lipinski definition) is 7. The maximum absolute atomic E-state index is 12.2. The number of nitrogens with zero attached hydrogens (tertiary/aromatic N) is 2. The molecule has 26 heavy (non-hydrogen) atoms. The normalized spacial score (nSPS) is 16.8. The van der Waals surface area contributed by atoms with Crippen molar-refractivity contribution in [3.05, 3.63) is 33.4 Å². The minimum atomic E-state index is -0.765. The third kappa shape index (κ3) is 4.70. The van der Waals surface area contributed by atoms with Gasteiger partial charge >= 0.3 is 5.69 Å². The molecule has 1 heterocycles. The van der Waals surface area contributed by atoms with Gasteiger partial charge in [0.05, 0.1) is 17.6 Å². The van der Waals surface area contributed by atoms with Crippen molar-refractivity contribution in [2.75, 3.05) is 19.8 Å². The number of ether oxygens (including phenoxy) is 2. The van der Waals surface area contributed by atoms with Gasteiger partial charge in [0.1, 0.15) is 11.6 Å². The van der Waals surface area contributed by atoms with Crippen LogP contribution in [-0.2, 0) is 9.53 Å². The SMILES string of the molecule is CCOc1cc(C=C(C#N)C(=O)NCC2CCCO2)cc([N+](=O)[O-])c1O. The van der Waals surface area contributed by atoms with E-state index in [9.17, 15) is 25.3 Å². The molecule has 1 unspecified atom stereocenters. The van der Waals surface area contributed by atoms with Crippen molar-refractivity contribution >= 4 is 17.7 Å². The summed E-state index contributed by atoms with van der Waals surface area (Å²) in [6.45, 7) is 2.79. The molecule has 1 saturated heterocycles. The number of phenolic OH excluding ortho intramolecular Hbond substituents is 1. The molecule has 0 bridgehead atoms. The number of carbonyl (C=O) groups excluding carboxylic acids is 1. The zero-order chi connectivity index (χ0) is 19.1. The summed E-state index contributed by atoms with van der Waals surface area (Å²) >= 11 is 0. The van der Waals surface area contributed by atoms with Crippen molar-refractivity contribution in [1.29, 1.82) is 5.26 Å². The van der Waals surface area contributed by atoms with E-state index < -0.39 is 22.3 Å². The van der Waals surface area contributed by atoms with E-state index in [-0.39, 0.29) is 36.1 Å². The molecule has 0 aromatic heterocycles.